The number of methoxy groups -OCH3 is 2. The van der Waals surface area contributed by atoms with Crippen molar-refractivity contribution < 1.29 is 23.7 Å². The van der Waals surface area contributed by atoms with Gasteiger partial charge in [-0.05, 0) is 41.5 Å². The monoisotopic (exact) mass is 408 g/mol. The van der Waals surface area contributed by atoms with Crippen LogP contribution in [0.15, 0.2) is 72.9 Å². The first-order valence-electron chi connectivity index (χ1n) is 9.39. The second-order valence-electron chi connectivity index (χ2n) is 6.40. The number of carbonyl (C=O) groups is 1. The summed E-state index contributed by atoms with van der Waals surface area (Å²) in [5.74, 6) is 1.83. The van der Waals surface area contributed by atoms with Gasteiger partial charge in [0.2, 0.25) is 12.7 Å². The molecule has 0 aliphatic carbocycles. The zero-order chi connectivity index (χ0) is 21.2. The van der Waals surface area contributed by atoms with Crippen molar-refractivity contribution in [2.24, 2.45) is 0 Å². The third-order valence-electron chi connectivity index (χ3n) is 4.30. The Morgan fingerprint density at radius 1 is 0.867 bits per heavy atom. The lowest BCUT2D eigenvalue weighted by Gasteiger charge is -2.23. The number of ether oxygens (including phenoxy) is 4. The number of hydrogen-bond acceptors (Lipinski definition) is 6. The minimum atomic E-state index is -0.503. The molecule has 0 aliphatic heterocycles. The van der Waals surface area contributed by atoms with Crippen molar-refractivity contribution in [1.29, 1.82) is 0 Å². The van der Waals surface area contributed by atoms with Gasteiger partial charge in [-0.25, -0.2) is 9.78 Å². The fourth-order valence-electron chi connectivity index (χ4n) is 2.83. The average molecular weight is 408 g/mol. The van der Waals surface area contributed by atoms with E-state index in [1.807, 2.05) is 48.5 Å². The summed E-state index contributed by atoms with van der Waals surface area (Å²) in [5.41, 5.74) is 1.83. The van der Waals surface area contributed by atoms with Crippen molar-refractivity contribution in [3.63, 3.8) is 0 Å². The molecule has 0 radical (unpaired) electrons. The van der Waals surface area contributed by atoms with Crippen molar-refractivity contribution in [2.75, 3.05) is 21.0 Å². The molecule has 2 aromatic carbocycles. The van der Waals surface area contributed by atoms with Gasteiger partial charge in [-0.15, -0.1) is 0 Å². The summed E-state index contributed by atoms with van der Waals surface area (Å²) < 4.78 is 21.3. The molecule has 0 fully saturated rings. The molecule has 1 heterocycles. The first-order valence-corrected chi connectivity index (χ1v) is 9.39. The smallest absolute Gasteiger partial charge is 0.413 e. The summed E-state index contributed by atoms with van der Waals surface area (Å²) in [6.45, 7) is 0.455. The summed E-state index contributed by atoms with van der Waals surface area (Å²) in [6, 6.07) is 20.4. The van der Waals surface area contributed by atoms with Crippen LogP contribution >= 0.6 is 0 Å². The highest BCUT2D eigenvalue weighted by Gasteiger charge is 2.17. The quantitative estimate of drug-likeness (QED) is 0.493. The Kier molecular flexibility index (Phi) is 7.49. The normalized spacial score (nSPS) is 10.2. The molecule has 156 valence electrons. The Hall–Kier alpha value is -3.74. The van der Waals surface area contributed by atoms with E-state index < -0.39 is 6.09 Å². The van der Waals surface area contributed by atoms with Gasteiger partial charge in [0.05, 0.1) is 14.2 Å². The zero-order valence-electron chi connectivity index (χ0n) is 17.0. The summed E-state index contributed by atoms with van der Waals surface area (Å²) in [5, 5.41) is 0. The number of amides is 1. The van der Waals surface area contributed by atoms with Crippen LogP contribution in [0.25, 0.3) is 0 Å². The van der Waals surface area contributed by atoms with Gasteiger partial charge in [-0.1, -0.05) is 30.3 Å². The molecule has 0 N–H and O–H groups in total. The van der Waals surface area contributed by atoms with E-state index in [9.17, 15) is 4.79 Å². The van der Waals surface area contributed by atoms with Crippen LogP contribution in [0.1, 0.15) is 11.1 Å². The number of hydrogen-bond donors (Lipinski definition) is 0. The molecule has 0 saturated carbocycles. The molecule has 0 atom stereocenters. The first-order chi connectivity index (χ1) is 14.7. The van der Waals surface area contributed by atoms with Gasteiger partial charge < -0.3 is 18.9 Å². The van der Waals surface area contributed by atoms with Gasteiger partial charge in [0.15, 0.2) is 0 Å². The largest absolute Gasteiger partial charge is 0.497 e. The molecule has 30 heavy (non-hydrogen) atoms. The maximum absolute atomic E-state index is 12.8. The van der Waals surface area contributed by atoms with E-state index in [0.29, 0.717) is 19.0 Å². The van der Waals surface area contributed by atoms with Gasteiger partial charge in [0, 0.05) is 25.4 Å². The van der Waals surface area contributed by atoms with Crippen LogP contribution in [0.2, 0.25) is 0 Å². The van der Waals surface area contributed by atoms with Crippen LogP contribution < -0.4 is 14.2 Å². The molecule has 7 heteroatoms. The zero-order valence-corrected chi connectivity index (χ0v) is 17.0. The Bertz CT molecular complexity index is 900. The van der Waals surface area contributed by atoms with E-state index >= 15 is 0 Å². The highest BCUT2D eigenvalue weighted by Crippen LogP contribution is 2.19. The molecular weight excluding hydrogens is 384 g/mol. The number of aromatic nitrogens is 1. The van der Waals surface area contributed by atoms with Crippen molar-refractivity contribution in [2.45, 2.75) is 13.1 Å². The van der Waals surface area contributed by atoms with Crippen molar-refractivity contribution in [1.82, 2.24) is 9.88 Å². The van der Waals surface area contributed by atoms with Crippen LogP contribution in [-0.4, -0.2) is 37.0 Å². The number of nitrogens with zero attached hydrogens (tertiary/aromatic N) is 2. The predicted octanol–water partition coefficient (Wildman–Crippen LogP) is 4.27. The van der Waals surface area contributed by atoms with Gasteiger partial charge >= 0.3 is 6.09 Å². The Balaban J connectivity index is 1.70. The number of rotatable bonds is 9. The lowest BCUT2D eigenvalue weighted by molar-refractivity contribution is 0.0298. The van der Waals surface area contributed by atoms with Gasteiger partial charge in [-0.3, -0.25) is 4.90 Å². The summed E-state index contributed by atoms with van der Waals surface area (Å²) in [6.07, 6.45) is 1.10. The predicted molar refractivity (Wildman–Crippen MR) is 111 cm³/mol. The van der Waals surface area contributed by atoms with Gasteiger partial charge in [0.25, 0.3) is 0 Å². The van der Waals surface area contributed by atoms with E-state index in [0.717, 1.165) is 22.6 Å². The fourth-order valence-corrected chi connectivity index (χ4v) is 2.83. The standard InChI is InChI=1S/C23H24N2O5/c1-27-20-9-5-7-18(13-20)15-25(16-19-8-6-10-21(14-19)28-2)23(26)30-17-29-22-11-3-4-12-24-22/h3-14H,15-17H2,1-2H3. The molecular formula is C23H24N2O5. The summed E-state index contributed by atoms with van der Waals surface area (Å²) >= 11 is 0. The Morgan fingerprint density at radius 3 is 2.03 bits per heavy atom. The number of benzene rings is 2. The van der Waals surface area contributed by atoms with Crippen LogP contribution in [0.5, 0.6) is 17.4 Å². The van der Waals surface area contributed by atoms with E-state index in [2.05, 4.69) is 4.98 Å². The summed E-state index contributed by atoms with van der Waals surface area (Å²) in [7, 11) is 3.21. The molecule has 3 aromatic rings. The first kappa shape index (κ1) is 21.0. The minimum absolute atomic E-state index is 0.234. The topological polar surface area (TPSA) is 70.1 Å². The minimum Gasteiger partial charge on any atom is -0.497 e. The van der Waals surface area contributed by atoms with Crippen molar-refractivity contribution in [3.8, 4) is 17.4 Å². The highest BCUT2D eigenvalue weighted by atomic mass is 16.7. The van der Waals surface area contributed by atoms with Crippen molar-refractivity contribution >= 4 is 6.09 Å². The maximum atomic E-state index is 12.8. The van der Waals surface area contributed by atoms with Gasteiger partial charge in [0.1, 0.15) is 11.5 Å². The Labute approximate surface area is 175 Å². The molecule has 7 nitrogen and oxygen atoms in total. The molecule has 3 rings (SSSR count). The van der Waals surface area contributed by atoms with E-state index in [1.54, 1.807) is 43.5 Å². The molecule has 1 amide bonds. The number of pyridine rings is 1. The molecule has 0 saturated heterocycles. The molecule has 0 spiro atoms. The fraction of sp³-hybridized carbons (Fsp3) is 0.217. The van der Waals surface area contributed by atoms with E-state index in [4.69, 9.17) is 18.9 Å². The highest BCUT2D eigenvalue weighted by molar-refractivity contribution is 5.67. The van der Waals surface area contributed by atoms with Crippen LogP contribution in [-0.2, 0) is 17.8 Å². The number of carbonyl (C=O) groups excluding carboxylic acids is 1. The van der Waals surface area contributed by atoms with Crippen LogP contribution in [0.4, 0.5) is 4.79 Å². The van der Waals surface area contributed by atoms with Crippen LogP contribution in [0, 0.1) is 0 Å². The molecule has 0 unspecified atom stereocenters. The third kappa shape index (κ3) is 6.13. The van der Waals surface area contributed by atoms with Crippen molar-refractivity contribution in [3.05, 3.63) is 84.1 Å². The van der Waals surface area contributed by atoms with Crippen LogP contribution in [0.3, 0.4) is 0 Å². The van der Waals surface area contributed by atoms with E-state index in [1.165, 1.54) is 0 Å². The van der Waals surface area contributed by atoms with E-state index in [-0.39, 0.29) is 6.79 Å². The second-order valence-corrected chi connectivity index (χ2v) is 6.40. The SMILES string of the molecule is COc1cccc(CN(Cc2cccc(OC)c2)C(=O)OCOc2ccccn2)c1. The van der Waals surface area contributed by atoms with Gasteiger partial charge in [-0.2, -0.15) is 0 Å². The lowest BCUT2D eigenvalue weighted by atomic mass is 10.1. The molecule has 0 bridgehead atoms. The molecule has 0 aliphatic rings. The Morgan fingerprint density at radius 2 is 1.50 bits per heavy atom. The second kappa shape index (κ2) is 10.7. The maximum Gasteiger partial charge on any atom is 0.413 e. The lowest BCUT2D eigenvalue weighted by Crippen LogP contribution is -2.31. The molecule has 1 aromatic heterocycles. The average Bonchev–Trinajstić information content (AvgIpc) is 2.79. The summed E-state index contributed by atoms with van der Waals surface area (Å²) in [4.78, 5) is 18.4. The third-order valence-corrected chi connectivity index (χ3v) is 4.30.